The Morgan fingerprint density at radius 1 is 1.12 bits per heavy atom. The zero-order valence-electron chi connectivity index (χ0n) is 23.5. The fourth-order valence-corrected chi connectivity index (χ4v) is 5.89. The second-order valence-corrected chi connectivity index (χ2v) is 10.9. The van der Waals surface area contributed by atoms with Crippen molar-refractivity contribution in [1.82, 2.24) is 20.2 Å². The fourth-order valence-electron chi connectivity index (χ4n) is 5.89. The average Bonchev–Trinajstić information content (AvgIpc) is 3.40. The number of nitrogens with zero attached hydrogens (tertiary/aromatic N) is 5. The van der Waals surface area contributed by atoms with Crippen LogP contribution in [-0.4, -0.2) is 67.2 Å². The number of anilines is 1. The van der Waals surface area contributed by atoms with E-state index >= 15 is 4.39 Å². The standard InChI is InChI=1S/C30H29F5N6O2/c1-40-8-5-22(17-40)39-28(42)29(20-12-24(32)26(37-15-20)23-13-21(31)16-38-27(23)43-2)6-9-41(10-7-29)25-4-3-19(30(33,34)35)11-18(25)14-36/h3-4,11-13,15-16,22H,5-10,17H2,1-2H3,(H,39,42). The number of likely N-dealkylation sites (tertiary alicyclic amines) is 1. The third-order valence-electron chi connectivity index (χ3n) is 8.22. The molecule has 1 N–H and O–H groups in total. The molecule has 2 aliphatic heterocycles. The molecule has 3 aromatic rings. The van der Waals surface area contributed by atoms with Gasteiger partial charge in [-0.2, -0.15) is 18.4 Å². The molecule has 1 amide bonds. The Bertz CT molecular complexity index is 1570. The van der Waals surface area contributed by atoms with Gasteiger partial charge in [-0.3, -0.25) is 9.78 Å². The predicted molar refractivity (Wildman–Crippen MR) is 147 cm³/mol. The van der Waals surface area contributed by atoms with Gasteiger partial charge in [-0.1, -0.05) is 0 Å². The highest BCUT2D eigenvalue weighted by Crippen LogP contribution is 2.41. The van der Waals surface area contributed by atoms with Gasteiger partial charge >= 0.3 is 6.18 Å². The first-order valence-corrected chi connectivity index (χ1v) is 13.7. The number of aromatic nitrogens is 2. The molecule has 0 aliphatic carbocycles. The number of rotatable bonds is 6. The second-order valence-electron chi connectivity index (χ2n) is 10.9. The first kappa shape index (κ1) is 30.2. The van der Waals surface area contributed by atoms with Crippen molar-refractivity contribution in [3.05, 3.63) is 71.1 Å². The van der Waals surface area contributed by atoms with Crippen molar-refractivity contribution in [2.75, 3.05) is 45.2 Å². The van der Waals surface area contributed by atoms with E-state index in [4.69, 9.17) is 4.74 Å². The highest BCUT2D eigenvalue weighted by molar-refractivity contribution is 5.89. The minimum Gasteiger partial charge on any atom is -0.481 e. The largest absolute Gasteiger partial charge is 0.481 e. The second kappa shape index (κ2) is 11.8. The number of carbonyl (C=O) groups is 1. The van der Waals surface area contributed by atoms with Gasteiger partial charge in [-0.25, -0.2) is 13.8 Å². The first-order chi connectivity index (χ1) is 20.4. The van der Waals surface area contributed by atoms with Crippen LogP contribution in [0.2, 0.25) is 0 Å². The van der Waals surface area contributed by atoms with Crippen LogP contribution in [0.1, 0.15) is 36.0 Å². The number of nitrogens with one attached hydrogen (secondary N) is 1. The van der Waals surface area contributed by atoms with E-state index in [2.05, 4.69) is 20.2 Å². The molecule has 226 valence electrons. The number of halogens is 5. The number of nitriles is 1. The summed E-state index contributed by atoms with van der Waals surface area (Å²) in [6.07, 6.45) is -1.16. The van der Waals surface area contributed by atoms with Crippen LogP contribution < -0.4 is 15.0 Å². The van der Waals surface area contributed by atoms with E-state index < -0.39 is 28.8 Å². The summed E-state index contributed by atoms with van der Waals surface area (Å²) in [5, 5.41) is 12.7. The van der Waals surface area contributed by atoms with Crippen LogP contribution in [0.25, 0.3) is 11.3 Å². The maximum atomic E-state index is 15.7. The number of methoxy groups -OCH3 is 1. The number of ether oxygens (including phenoxy) is 1. The van der Waals surface area contributed by atoms with Crippen molar-refractivity contribution in [1.29, 1.82) is 5.26 Å². The van der Waals surface area contributed by atoms with E-state index in [0.29, 0.717) is 17.8 Å². The SMILES string of the molecule is COc1ncc(F)cc1-c1ncc(C2(C(=O)NC3CCN(C)C3)CCN(c3ccc(C(F)(F)F)cc3C#N)CC2)cc1F. The number of alkyl halides is 3. The normalized spacial score (nSPS) is 18.7. The van der Waals surface area contributed by atoms with Crippen molar-refractivity contribution in [2.45, 2.75) is 36.9 Å². The van der Waals surface area contributed by atoms with Crippen molar-refractivity contribution in [3.63, 3.8) is 0 Å². The Balaban J connectivity index is 1.48. The Morgan fingerprint density at radius 2 is 1.86 bits per heavy atom. The molecule has 43 heavy (non-hydrogen) atoms. The molecule has 2 aliphatic rings. The molecule has 0 spiro atoms. The van der Waals surface area contributed by atoms with Crippen LogP contribution in [0, 0.1) is 23.0 Å². The molecule has 13 heteroatoms. The summed E-state index contributed by atoms with van der Waals surface area (Å²) in [5.41, 5.74) is -1.81. The molecular weight excluding hydrogens is 571 g/mol. The summed E-state index contributed by atoms with van der Waals surface area (Å²) < 4.78 is 74.5. The molecule has 1 aromatic carbocycles. The molecular formula is C30H29F5N6O2. The maximum Gasteiger partial charge on any atom is 0.416 e. The quantitative estimate of drug-likeness (QED) is 0.411. The molecule has 1 atom stereocenters. The number of likely N-dealkylation sites (N-methyl/N-ethyl adjacent to an activating group) is 1. The monoisotopic (exact) mass is 600 g/mol. The summed E-state index contributed by atoms with van der Waals surface area (Å²) in [6.45, 7) is 1.89. The minimum absolute atomic E-state index is 0.0141. The lowest BCUT2D eigenvalue weighted by atomic mass is 9.72. The van der Waals surface area contributed by atoms with Crippen LogP contribution >= 0.6 is 0 Å². The van der Waals surface area contributed by atoms with Gasteiger partial charge in [0.15, 0.2) is 0 Å². The summed E-state index contributed by atoms with van der Waals surface area (Å²) >= 11 is 0. The molecule has 8 nitrogen and oxygen atoms in total. The third kappa shape index (κ3) is 5.97. The van der Waals surface area contributed by atoms with Gasteiger partial charge in [-0.15, -0.1) is 0 Å². The number of amides is 1. The van der Waals surface area contributed by atoms with Crippen molar-refractivity contribution < 1.29 is 31.5 Å². The fraction of sp³-hybridized carbons (Fsp3) is 0.400. The zero-order chi connectivity index (χ0) is 30.9. The van der Waals surface area contributed by atoms with Crippen LogP contribution in [-0.2, 0) is 16.4 Å². The Hall–Kier alpha value is -4.31. The van der Waals surface area contributed by atoms with E-state index in [0.717, 1.165) is 37.4 Å². The number of piperidine rings is 1. The smallest absolute Gasteiger partial charge is 0.416 e. The van der Waals surface area contributed by atoms with Gasteiger partial charge in [-0.05, 0) is 68.8 Å². The maximum absolute atomic E-state index is 15.7. The highest BCUT2D eigenvalue weighted by atomic mass is 19.4. The molecule has 0 saturated carbocycles. The molecule has 5 rings (SSSR count). The van der Waals surface area contributed by atoms with E-state index in [1.807, 2.05) is 13.1 Å². The molecule has 4 heterocycles. The molecule has 1 unspecified atom stereocenters. The van der Waals surface area contributed by atoms with Gasteiger partial charge in [0.2, 0.25) is 11.8 Å². The highest BCUT2D eigenvalue weighted by Gasteiger charge is 2.45. The lowest BCUT2D eigenvalue weighted by Gasteiger charge is -2.42. The van der Waals surface area contributed by atoms with Crippen LogP contribution in [0.3, 0.4) is 0 Å². The zero-order valence-corrected chi connectivity index (χ0v) is 23.5. The molecule has 2 saturated heterocycles. The van der Waals surface area contributed by atoms with Crippen LogP contribution in [0.5, 0.6) is 5.88 Å². The number of hydrogen-bond acceptors (Lipinski definition) is 7. The number of hydrogen-bond donors (Lipinski definition) is 1. The van der Waals surface area contributed by atoms with Crippen molar-refractivity contribution in [2.24, 2.45) is 0 Å². The number of benzene rings is 1. The summed E-state index contributed by atoms with van der Waals surface area (Å²) in [7, 11) is 3.27. The number of pyridine rings is 2. The van der Waals surface area contributed by atoms with E-state index in [9.17, 15) is 27.6 Å². The van der Waals surface area contributed by atoms with Gasteiger partial charge in [0.25, 0.3) is 0 Å². The molecule has 0 radical (unpaired) electrons. The minimum atomic E-state index is -4.59. The van der Waals surface area contributed by atoms with E-state index in [-0.39, 0.29) is 60.6 Å². The predicted octanol–water partition coefficient (Wildman–Crippen LogP) is 4.68. The van der Waals surface area contributed by atoms with Gasteiger partial charge in [0, 0.05) is 31.9 Å². The third-order valence-corrected chi connectivity index (χ3v) is 8.22. The Kier molecular flexibility index (Phi) is 8.25. The first-order valence-electron chi connectivity index (χ1n) is 13.7. The summed E-state index contributed by atoms with van der Waals surface area (Å²) in [6, 6.07) is 7.02. The average molecular weight is 601 g/mol. The Morgan fingerprint density at radius 3 is 2.47 bits per heavy atom. The number of carbonyl (C=O) groups excluding carboxylic acids is 1. The van der Waals surface area contributed by atoms with Gasteiger partial charge < -0.3 is 19.9 Å². The van der Waals surface area contributed by atoms with Gasteiger partial charge in [0.05, 0.1) is 41.1 Å². The molecule has 2 aromatic heterocycles. The van der Waals surface area contributed by atoms with E-state index in [1.165, 1.54) is 25.4 Å². The van der Waals surface area contributed by atoms with Crippen LogP contribution in [0.15, 0.2) is 42.7 Å². The lowest BCUT2D eigenvalue weighted by molar-refractivity contribution is -0.137. The lowest BCUT2D eigenvalue weighted by Crippen LogP contribution is -2.54. The van der Waals surface area contributed by atoms with Gasteiger partial charge in [0.1, 0.15) is 23.4 Å². The molecule has 2 fully saturated rings. The molecule has 0 bridgehead atoms. The van der Waals surface area contributed by atoms with E-state index in [1.54, 1.807) is 4.90 Å². The van der Waals surface area contributed by atoms with Crippen molar-refractivity contribution in [3.8, 4) is 23.2 Å². The summed E-state index contributed by atoms with van der Waals surface area (Å²) in [4.78, 5) is 25.9. The topological polar surface area (TPSA) is 94.4 Å². The Labute approximate surface area is 245 Å². The van der Waals surface area contributed by atoms with Crippen LogP contribution in [0.4, 0.5) is 27.6 Å². The summed E-state index contributed by atoms with van der Waals surface area (Å²) in [5.74, 6) is -1.82. The van der Waals surface area contributed by atoms with Crippen molar-refractivity contribution >= 4 is 11.6 Å².